The van der Waals surface area contributed by atoms with E-state index in [4.69, 9.17) is 18.7 Å². The number of benzene rings is 2. The Bertz CT molecular complexity index is 1150. The maximum Gasteiger partial charge on any atom is 0.243 e. The van der Waals surface area contributed by atoms with Crippen molar-refractivity contribution < 1.29 is 31.5 Å². The molecule has 3 aromatic rings. The third-order valence-electron chi connectivity index (χ3n) is 4.30. The van der Waals surface area contributed by atoms with Crippen molar-refractivity contribution in [2.24, 2.45) is 0 Å². The molecule has 0 aliphatic rings. The van der Waals surface area contributed by atoms with Crippen LogP contribution in [0.4, 0.5) is 4.39 Å². The molecule has 0 N–H and O–H groups in total. The lowest BCUT2D eigenvalue weighted by Gasteiger charge is -2.15. The number of halogens is 1. The smallest absolute Gasteiger partial charge is 0.243 e. The average Bonchev–Trinajstić information content (AvgIpc) is 3.21. The minimum absolute atomic E-state index is 0.0481. The summed E-state index contributed by atoms with van der Waals surface area (Å²) in [5.74, 6) is 0.533. The van der Waals surface area contributed by atoms with E-state index in [1.54, 1.807) is 18.2 Å². The highest BCUT2D eigenvalue weighted by Crippen LogP contribution is 2.31. The van der Waals surface area contributed by atoms with Crippen LogP contribution < -0.4 is 14.2 Å². The van der Waals surface area contributed by atoms with Gasteiger partial charge in [0.25, 0.3) is 0 Å². The van der Waals surface area contributed by atoms with Gasteiger partial charge in [-0.3, -0.25) is 0 Å². The Morgan fingerprint density at radius 2 is 1.67 bits per heavy atom. The summed E-state index contributed by atoms with van der Waals surface area (Å²) in [6.45, 7) is -0.198. The van der Waals surface area contributed by atoms with E-state index in [-0.39, 0.29) is 28.9 Å². The summed E-state index contributed by atoms with van der Waals surface area (Å²) in [5.41, 5.74) is 0.602. The molecular weight excluding hydrogens is 417 g/mol. The summed E-state index contributed by atoms with van der Waals surface area (Å²) in [6.07, 6.45) is 0. The monoisotopic (exact) mass is 437 g/mol. The summed E-state index contributed by atoms with van der Waals surface area (Å²) >= 11 is 0. The molecule has 0 radical (unpaired) electrons. The molecule has 160 valence electrons. The first-order chi connectivity index (χ1) is 14.3. The molecular formula is C19H20FN3O6S. The van der Waals surface area contributed by atoms with Crippen LogP contribution in [0.1, 0.15) is 5.89 Å². The van der Waals surface area contributed by atoms with Crippen LogP contribution in [-0.2, 0) is 16.6 Å². The van der Waals surface area contributed by atoms with Crippen LogP contribution in [-0.4, -0.2) is 51.2 Å². The zero-order valence-electron chi connectivity index (χ0n) is 16.7. The zero-order chi connectivity index (χ0) is 21.9. The number of ether oxygens (including phenoxy) is 3. The molecule has 30 heavy (non-hydrogen) atoms. The van der Waals surface area contributed by atoms with E-state index in [1.165, 1.54) is 40.5 Å². The van der Waals surface area contributed by atoms with E-state index in [2.05, 4.69) is 10.1 Å². The largest absolute Gasteiger partial charge is 0.494 e. The van der Waals surface area contributed by atoms with Crippen molar-refractivity contribution in [3.8, 4) is 28.6 Å². The lowest BCUT2D eigenvalue weighted by molar-refractivity contribution is 0.336. The van der Waals surface area contributed by atoms with Gasteiger partial charge in [-0.15, -0.1) is 0 Å². The number of nitrogens with zero attached hydrogens (tertiary/aromatic N) is 3. The summed E-state index contributed by atoms with van der Waals surface area (Å²) < 4.78 is 60.8. The van der Waals surface area contributed by atoms with Crippen LogP contribution in [0.2, 0.25) is 0 Å². The van der Waals surface area contributed by atoms with Gasteiger partial charge >= 0.3 is 0 Å². The molecule has 0 atom stereocenters. The van der Waals surface area contributed by atoms with Crippen LogP contribution in [0, 0.1) is 5.82 Å². The minimum Gasteiger partial charge on any atom is -0.494 e. The van der Waals surface area contributed by atoms with Gasteiger partial charge < -0.3 is 18.7 Å². The number of rotatable bonds is 8. The summed E-state index contributed by atoms with van der Waals surface area (Å²) in [4.78, 5) is 4.01. The Hall–Kier alpha value is -3.18. The first-order valence-corrected chi connectivity index (χ1v) is 10.1. The number of hydrogen-bond donors (Lipinski definition) is 0. The average molecular weight is 437 g/mol. The Morgan fingerprint density at radius 3 is 2.30 bits per heavy atom. The first-order valence-electron chi connectivity index (χ1n) is 8.65. The van der Waals surface area contributed by atoms with E-state index < -0.39 is 15.8 Å². The molecule has 3 rings (SSSR count). The molecule has 1 heterocycles. The molecule has 0 unspecified atom stereocenters. The molecule has 1 aromatic heterocycles. The van der Waals surface area contributed by atoms with Crippen LogP contribution in [0.25, 0.3) is 11.4 Å². The van der Waals surface area contributed by atoms with Gasteiger partial charge in [0, 0.05) is 12.6 Å². The SMILES string of the molecule is COc1ccc(S(=O)(=O)N(C)Cc2nc(-c3ccc(OC)c(OC)c3)no2)cc1F. The third-order valence-corrected chi connectivity index (χ3v) is 6.10. The molecule has 0 fully saturated rings. The molecule has 11 heteroatoms. The number of aromatic nitrogens is 2. The predicted molar refractivity (Wildman–Crippen MR) is 104 cm³/mol. The number of hydrogen-bond acceptors (Lipinski definition) is 8. The van der Waals surface area contributed by atoms with E-state index in [0.717, 1.165) is 10.4 Å². The van der Waals surface area contributed by atoms with Gasteiger partial charge in [0.1, 0.15) is 0 Å². The molecule has 0 spiro atoms. The fraction of sp³-hybridized carbons (Fsp3) is 0.263. The maximum absolute atomic E-state index is 13.9. The Balaban J connectivity index is 1.80. The fourth-order valence-electron chi connectivity index (χ4n) is 2.67. The molecule has 2 aromatic carbocycles. The number of methoxy groups -OCH3 is 3. The first kappa shape index (κ1) is 21.5. The van der Waals surface area contributed by atoms with Crippen molar-refractivity contribution >= 4 is 10.0 Å². The van der Waals surface area contributed by atoms with Crippen LogP contribution in [0.5, 0.6) is 17.2 Å². The highest BCUT2D eigenvalue weighted by Gasteiger charge is 2.24. The van der Waals surface area contributed by atoms with Gasteiger partial charge in [0.15, 0.2) is 23.1 Å². The Labute approximate surface area is 173 Å². The molecule has 0 aliphatic carbocycles. The molecule has 0 bridgehead atoms. The highest BCUT2D eigenvalue weighted by atomic mass is 32.2. The highest BCUT2D eigenvalue weighted by molar-refractivity contribution is 7.89. The Kier molecular flexibility index (Phi) is 6.22. The van der Waals surface area contributed by atoms with Crippen molar-refractivity contribution in [2.45, 2.75) is 11.4 Å². The van der Waals surface area contributed by atoms with Crippen LogP contribution >= 0.6 is 0 Å². The van der Waals surface area contributed by atoms with E-state index in [0.29, 0.717) is 17.1 Å². The molecule has 0 amide bonds. The van der Waals surface area contributed by atoms with E-state index in [1.807, 2.05) is 0 Å². The van der Waals surface area contributed by atoms with E-state index in [9.17, 15) is 12.8 Å². The summed E-state index contributed by atoms with van der Waals surface area (Å²) in [7, 11) is 1.67. The topological polar surface area (TPSA) is 104 Å². The van der Waals surface area contributed by atoms with Gasteiger partial charge in [-0.05, 0) is 36.4 Å². The van der Waals surface area contributed by atoms with E-state index >= 15 is 0 Å². The fourth-order valence-corrected chi connectivity index (χ4v) is 3.81. The Morgan fingerprint density at radius 1 is 1.00 bits per heavy atom. The normalized spacial score (nSPS) is 11.5. The zero-order valence-corrected chi connectivity index (χ0v) is 17.6. The predicted octanol–water partition coefficient (Wildman–Crippen LogP) is 2.72. The molecule has 0 aliphatic heterocycles. The second kappa shape index (κ2) is 8.67. The second-order valence-electron chi connectivity index (χ2n) is 6.14. The summed E-state index contributed by atoms with van der Waals surface area (Å²) in [6, 6.07) is 8.49. The standard InChI is InChI=1S/C19H20FN3O6S/c1-23(30(24,25)13-6-8-15(26-2)14(20)10-13)11-18-21-19(22-29-18)12-5-7-16(27-3)17(9-12)28-4/h5-10H,11H2,1-4H3. The molecule has 0 saturated carbocycles. The van der Waals surface area contributed by atoms with Crippen molar-refractivity contribution in [2.75, 3.05) is 28.4 Å². The lowest BCUT2D eigenvalue weighted by atomic mass is 10.2. The lowest BCUT2D eigenvalue weighted by Crippen LogP contribution is -2.26. The second-order valence-corrected chi connectivity index (χ2v) is 8.18. The van der Waals surface area contributed by atoms with Gasteiger partial charge in [-0.1, -0.05) is 5.16 Å². The van der Waals surface area contributed by atoms with Crippen molar-refractivity contribution in [3.63, 3.8) is 0 Å². The van der Waals surface area contributed by atoms with Gasteiger partial charge in [0.2, 0.25) is 21.7 Å². The summed E-state index contributed by atoms with van der Waals surface area (Å²) in [5, 5.41) is 3.88. The van der Waals surface area contributed by atoms with Crippen molar-refractivity contribution in [1.82, 2.24) is 14.4 Å². The van der Waals surface area contributed by atoms with Crippen LogP contribution in [0.3, 0.4) is 0 Å². The van der Waals surface area contributed by atoms with Gasteiger partial charge in [0.05, 0.1) is 32.8 Å². The quantitative estimate of drug-likeness (QED) is 0.530. The van der Waals surface area contributed by atoms with Crippen molar-refractivity contribution in [1.29, 1.82) is 0 Å². The van der Waals surface area contributed by atoms with Crippen LogP contribution in [0.15, 0.2) is 45.8 Å². The molecule has 9 nitrogen and oxygen atoms in total. The number of sulfonamides is 1. The maximum atomic E-state index is 13.9. The minimum atomic E-state index is -3.99. The van der Waals surface area contributed by atoms with Gasteiger partial charge in [-0.2, -0.15) is 9.29 Å². The van der Waals surface area contributed by atoms with Crippen molar-refractivity contribution in [3.05, 3.63) is 48.1 Å². The van der Waals surface area contributed by atoms with Gasteiger partial charge in [-0.25, -0.2) is 12.8 Å². The third kappa shape index (κ3) is 4.21. The molecule has 0 saturated heterocycles.